The first-order valence-corrected chi connectivity index (χ1v) is 9.96. The average molecular weight is 380 g/mol. The highest BCUT2D eigenvalue weighted by atomic mass is 16.5. The molecular weight excluding hydrogens is 352 g/mol. The predicted octanol–water partition coefficient (Wildman–Crippen LogP) is 3.21. The first-order valence-electron chi connectivity index (χ1n) is 9.96. The number of aryl methyl sites for hydroxylation is 1. The fraction of sp³-hybridized carbons (Fsp3) is 0.435. The molecule has 1 fully saturated rings. The van der Waals surface area contributed by atoms with Crippen molar-refractivity contribution in [3.63, 3.8) is 0 Å². The second-order valence-corrected chi connectivity index (χ2v) is 7.72. The van der Waals surface area contributed by atoms with E-state index in [2.05, 4.69) is 36.9 Å². The Bertz CT molecular complexity index is 872. The predicted molar refractivity (Wildman–Crippen MR) is 110 cm³/mol. The highest BCUT2D eigenvalue weighted by Gasteiger charge is 2.31. The molecule has 2 aliphatic heterocycles. The van der Waals surface area contributed by atoms with Crippen molar-refractivity contribution in [1.82, 2.24) is 4.90 Å². The maximum Gasteiger partial charge on any atom is 0.229 e. The second-order valence-electron chi connectivity index (χ2n) is 7.72. The van der Waals surface area contributed by atoms with Gasteiger partial charge in [-0.25, -0.2) is 0 Å². The zero-order valence-electron chi connectivity index (χ0n) is 16.9. The summed E-state index contributed by atoms with van der Waals surface area (Å²) in [4.78, 5) is 17.5. The topological polar surface area (TPSA) is 42.0 Å². The molecule has 0 aliphatic carbocycles. The van der Waals surface area contributed by atoms with Gasteiger partial charge in [0.15, 0.2) is 0 Å². The normalized spacial score (nSPS) is 19.0. The lowest BCUT2D eigenvalue weighted by Crippen LogP contribution is -2.51. The minimum Gasteiger partial charge on any atom is -0.497 e. The van der Waals surface area contributed by atoms with Gasteiger partial charge in [-0.2, -0.15) is 0 Å². The lowest BCUT2D eigenvalue weighted by atomic mass is 9.95. The Labute approximate surface area is 166 Å². The number of hydrogen-bond acceptors (Lipinski definition) is 4. The number of ether oxygens (including phenoxy) is 2. The zero-order chi connectivity index (χ0) is 19.7. The summed E-state index contributed by atoms with van der Waals surface area (Å²) in [6, 6.07) is 12.2. The fourth-order valence-electron chi connectivity index (χ4n) is 4.16. The lowest BCUT2D eigenvalue weighted by molar-refractivity contribution is -0.137. The van der Waals surface area contributed by atoms with E-state index in [-0.39, 0.29) is 11.8 Å². The third kappa shape index (κ3) is 3.53. The number of fused-ring (bicyclic) bond motifs is 1. The first kappa shape index (κ1) is 18.7. The second kappa shape index (κ2) is 7.74. The van der Waals surface area contributed by atoms with Crippen LogP contribution in [0.15, 0.2) is 36.4 Å². The minimum atomic E-state index is -0.119. The molecule has 28 heavy (non-hydrogen) atoms. The zero-order valence-corrected chi connectivity index (χ0v) is 16.9. The van der Waals surface area contributed by atoms with E-state index < -0.39 is 0 Å². The quantitative estimate of drug-likeness (QED) is 0.820. The van der Waals surface area contributed by atoms with E-state index in [4.69, 9.17) is 9.47 Å². The van der Waals surface area contributed by atoms with Crippen LogP contribution in [-0.2, 0) is 11.2 Å². The van der Waals surface area contributed by atoms with Crippen LogP contribution in [0, 0.1) is 19.8 Å². The summed E-state index contributed by atoms with van der Waals surface area (Å²) in [6.07, 6.45) is 0.711. The number of rotatable bonds is 3. The number of anilines is 1. The Kier molecular flexibility index (Phi) is 5.16. The maximum atomic E-state index is 13.1. The van der Waals surface area contributed by atoms with Gasteiger partial charge < -0.3 is 19.3 Å². The van der Waals surface area contributed by atoms with Crippen LogP contribution >= 0.6 is 0 Å². The monoisotopic (exact) mass is 380 g/mol. The lowest BCUT2D eigenvalue weighted by Gasteiger charge is -2.39. The van der Waals surface area contributed by atoms with Gasteiger partial charge in [-0.3, -0.25) is 4.79 Å². The minimum absolute atomic E-state index is 0.119. The van der Waals surface area contributed by atoms with Crippen molar-refractivity contribution in [2.45, 2.75) is 20.3 Å². The Balaban J connectivity index is 1.40. The molecule has 0 radical (unpaired) electrons. The molecule has 0 unspecified atom stereocenters. The van der Waals surface area contributed by atoms with E-state index in [0.29, 0.717) is 13.0 Å². The molecule has 1 atom stereocenters. The SMILES string of the molecule is COc1ccc2c(c1)C[C@H](C(=O)N1CCN(c3cccc(C)c3C)CC1)CO2. The summed E-state index contributed by atoms with van der Waals surface area (Å²) in [5, 5.41) is 0. The van der Waals surface area contributed by atoms with Crippen LogP contribution in [0.3, 0.4) is 0 Å². The molecule has 5 nitrogen and oxygen atoms in total. The van der Waals surface area contributed by atoms with Gasteiger partial charge in [0.1, 0.15) is 18.1 Å². The van der Waals surface area contributed by atoms with Gasteiger partial charge in [0.2, 0.25) is 5.91 Å². The van der Waals surface area contributed by atoms with E-state index in [1.54, 1.807) is 7.11 Å². The van der Waals surface area contributed by atoms with Crippen LogP contribution in [0.2, 0.25) is 0 Å². The van der Waals surface area contributed by atoms with Gasteiger partial charge >= 0.3 is 0 Å². The number of piperazine rings is 1. The molecule has 2 aromatic rings. The molecular formula is C23H28N2O3. The number of hydrogen-bond donors (Lipinski definition) is 0. The van der Waals surface area contributed by atoms with Crippen LogP contribution < -0.4 is 14.4 Å². The smallest absolute Gasteiger partial charge is 0.229 e. The number of nitrogens with zero attached hydrogens (tertiary/aromatic N) is 2. The summed E-state index contributed by atoms with van der Waals surface area (Å²) in [5.74, 6) is 1.75. The molecule has 2 heterocycles. The molecule has 4 rings (SSSR count). The molecule has 2 aliphatic rings. The molecule has 0 saturated carbocycles. The van der Waals surface area contributed by atoms with E-state index in [1.165, 1.54) is 16.8 Å². The van der Waals surface area contributed by atoms with Gasteiger partial charge in [0, 0.05) is 31.9 Å². The third-order valence-electron chi connectivity index (χ3n) is 6.03. The van der Waals surface area contributed by atoms with E-state index in [0.717, 1.165) is 43.2 Å². The molecule has 0 N–H and O–H groups in total. The number of methoxy groups -OCH3 is 1. The Morgan fingerprint density at radius 3 is 2.64 bits per heavy atom. The average Bonchev–Trinajstić information content (AvgIpc) is 2.74. The van der Waals surface area contributed by atoms with E-state index >= 15 is 0 Å². The van der Waals surface area contributed by atoms with Crippen molar-refractivity contribution in [3.05, 3.63) is 53.1 Å². The van der Waals surface area contributed by atoms with Crippen molar-refractivity contribution in [1.29, 1.82) is 0 Å². The summed E-state index contributed by atoms with van der Waals surface area (Å²) < 4.78 is 11.2. The molecule has 1 amide bonds. The van der Waals surface area contributed by atoms with Crippen molar-refractivity contribution in [3.8, 4) is 11.5 Å². The molecule has 1 saturated heterocycles. The van der Waals surface area contributed by atoms with Gasteiger partial charge in [-0.15, -0.1) is 0 Å². The standard InChI is InChI=1S/C23H28N2O3/c1-16-5-4-6-21(17(16)2)24-9-11-25(12-10-24)23(26)19-13-18-14-20(27-3)7-8-22(18)28-15-19/h4-8,14,19H,9-13,15H2,1-3H3/t19-/m0/s1. The summed E-state index contributed by atoms with van der Waals surface area (Å²) >= 11 is 0. The Morgan fingerprint density at radius 2 is 1.89 bits per heavy atom. The maximum absolute atomic E-state index is 13.1. The van der Waals surface area contributed by atoms with Crippen molar-refractivity contribution in [2.75, 3.05) is 44.8 Å². The van der Waals surface area contributed by atoms with E-state index in [1.807, 2.05) is 23.1 Å². The molecule has 0 spiro atoms. The van der Waals surface area contributed by atoms with E-state index in [9.17, 15) is 4.79 Å². The van der Waals surface area contributed by atoms with Crippen LogP contribution in [0.25, 0.3) is 0 Å². The number of benzene rings is 2. The van der Waals surface area contributed by atoms with Gasteiger partial charge in [0.25, 0.3) is 0 Å². The first-order chi connectivity index (χ1) is 13.6. The highest BCUT2D eigenvalue weighted by molar-refractivity contribution is 5.80. The van der Waals surface area contributed by atoms with Gasteiger partial charge in [-0.05, 0) is 61.2 Å². The van der Waals surface area contributed by atoms with Gasteiger partial charge in [-0.1, -0.05) is 12.1 Å². The summed E-state index contributed by atoms with van der Waals surface area (Å²) in [5.41, 5.74) is 4.98. The third-order valence-corrected chi connectivity index (χ3v) is 6.03. The van der Waals surface area contributed by atoms with Crippen molar-refractivity contribution < 1.29 is 14.3 Å². The van der Waals surface area contributed by atoms with Gasteiger partial charge in [0.05, 0.1) is 13.0 Å². The Morgan fingerprint density at radius 1 is 1.11 bits per heavy atom. The molecule has 148 valence electrons. The summed E-state index contributed by atoms with van der Waals surface area (Å²) in [6.45, 7) is 8.03. The summed E-state index contributed by atoms with van der Waals surface area (Å²) in [7, 11) is 1.66. The number of carbonyl (C=O) groups excluding carboxylic acids is 1. The van der Waals surface area contributed by atoms with Crippen LogP contribution in [0.4, 0.5) is 5.69 Å². The fourth-order valence-corrected chi connectivity index (χ4v) is 4.16. The van der Waals surface area contributed by atoms with Crippen LogP contribution in [-0.4, -0.2) is 50.7 Å². The molecule has 0 bridgehead atoms. The number of amides is 1. The van der Waals surface area contributed by atoms with Crippen molar-refractivity contribution >= 4 is 11.6 Å². The Hall–Kier alpha value is -2.69. The molecule has 5 heteroatoms. The van der Waals surface area contributed by atoms with Crippen molar-refractivity contribution in [2.24, 2.45) is 5.92 Å². The van der Waals surface area contributed by atoms with Crippen LogP contribution in [0.5, 0.6) is 11.5 Å². The highest BCUT2D eigenvalue weighted by Crippen LogP contribution is 2.32. The molecule has 2 aromatic carbocycles. The molecule has 0 aromatic heterocycles. The number of carbonyl (C=O) groups is 1. The van der Waals surface area contributed by atoms with Crippen LogP contribution in [0.1, 0.15) is 16.7 Å². The largest absolute Gasteiger partial charge is 0.497 e.